The van der Waals surface area contributed by atoms with Gasteiger partial charge in [-0.1, -0.05) is 35.5 Å². The van der Waals surface area contributed by atoms with Gasteiger partial charge >= 0.3 is 6.18 Å². The maximum Gasteiger partial charge on any atom is 0.393 e. The molecule has 1 fully saturated rings. The van der Waals surface area contributed by atoms with Crippen LogP contribution in [0.5, 0.6) is 0 Å². The average molecular weight is 367 g/mol. The molecule has 2 heterocycles. The van der Waals surface area contributed by atoms with Crippen LogP contribution in [0.1, 0.15) is 30.2 Å². The van der Waals surface area contributed by atoms with E-state index in [1.807, 2.05) is 0 Å². The highest BCUT2D eigenvalue weighted by Gasteiger charge is 2.44. The fourth-order valence-electron chi connectivity index (χ4n) is 3.29. The van der Waals surface area contributed by atoms with Crippen LogP contribution in [-0.4, -0.2) is 35.2 Å². The molecular formula is C18H20F3N3O2. The number of nitrogens with zero attached hydrogens (tertiary/aromatic N) is 2. The van der Waals surface area contributed by atoms with Crippen molar-refractivity contribution in [2.24, 2.45) is 5.92 Å². The summed E-state index contributed by atoms with van der Waals surface area (Å²) in [6, 6.07) is 9.56. The molecule has 1 aliphatic heterocycles. The largest absolute Gasteiger partial charge is 0.393 e. The Morgan fingerprint density at radius 1 is 1.35 bits per heavy atom. The van der Waals surface area contributed by atoms with E-state index < -0.39 is 24.0 Å². The molecule has 3 rings (SSSR count). The number of aromatic nitrogens is 1. The number of piperidine rings is 1. The molecule has 0 saturated carbocycles. The number of halogens is 3. The topological polar surface area (TPSA) is 58.4 Å². The molecule has 0 radical (unpaired) electrons. The number of rotatable bonds is 4. The predicted molar refractivity (Wildman–Crippen MR) is 89.4 cm³/mol. The molecule has 0 bridgehead atoms. The van der Waals surface area contributed by atoms with Crippen molar-refractivity contribution in [1.29, 1.82) is 0 Å². The molecule has 0 unspecified atom stereocenters. The van der Waals surface area contributed by atoms with Crippen molar-refractivity contribution in [3.8, 4) is 0 Å². The summed E-state index contributed by atoms with van der Waals surface area (Å²) in [4.78, 5) is 14.5. The van der Waals surface area contributed by atoms with Gasteiger partial charge in [0.25, 0.3) is 0 Å². The Bertz CT molecular complexity index is 746. The number of amides is 1. The molecule has 1 aromatic carbocycles. The van der Waals surface area contributed by atoms with Gasteiger partial charge in [0, 0.05) is 12.6 Å². The van der Waals surface area contributed by atoms with Crippen LogP contribution in [-0.2, 0) is 4.79 Å². The van der Waals surface area contributed by atoms with E-state index in [2.05, 4.69) is 10.5 Å². The third-order valence-corrected chi connectivity index (χ3v) is 4.52. The van der Waals surface area contributed by atoms with E-state index in [-0.39, 0.29) is 18.8 Å². The van der Waals surface area contributed by atoms with E-state index in [0.717, 1.165) is 0 Å². The third kappa shape index (κ3) is 4.24. The summed E-state index contributed by atoms with van der Waals surface area (Å²) < 4.78 is 44.5. The van der Waals surface area contributed by atoms with Gasteiger partial charge in [0.15, 0.2) is 5.82 Å². The van der Waals surface area contributed by atoms with Crippen molar-refractivity contribution < 1.29 is 22.5 Å². The predicted octanol–water partition coefficient (Wildman–Crippen LogP) is 3.94. The van der Waals surface area contributed by atoms with Crippen molar-refractivity contribution >= 4 is 11.7 Å². The molecule has 8 heteroatoms. The number of benzene rings is 1. The lowest BCUT2D eigenvalue weighted by molar-refractivity contribution is -0.189. The van der Waals surface area contributed by atoms with Gasteiger partial charge in [-0.05, 0) is 31.9 Å². The number of alkyl halides is 3. The first-order valence-electron chi connectivity index (χ1n) is 8.44. The van der Waals surface area contributed by atoms with Gasteiger partial charge in [0.05, 0.1) is 5.92 Å². The number of likely N-dealkylation sites (tertiary alicyclic amines) is 1. The van der Waals surface area contributed by atoms with Gasteiger partial charge in [0.2, 0.25) is 5.91 Å². The lowest BCUT2D eigenvalue weighted by Gasteiger charge is -2.38. The summed E-state index contributed by atoms with van der Waals surface area (Å²) in [7, 11) is 0. The van der Waals surface area contributed by atoms with Crippen molar-refractivity contribution in [2.75, 3.05) is 18.4 Å². The SMILES string of the molecule is Cc1cc(NC(=O)[C@@H](c2ccccc2)N2CCC[C@H](C(F)(F)F)C2)no1. The summed E-state index contributed by atoms with van der Waals surface area (Å²) >= 11 is 0. The maximum atomic E-state index is 13.2. The minimum atomic E-state index is -4.26. The molecule has 1 saturated heterocycles. The van der Waals surface area contributed by atoms with E-state index >= 15 is 0 Å². The Hall–Kier alpha value is -2.35. The quantitative estimate of drug-likeness (QED) is 0.889. The van der Waals surface area contributed by atoms with Gasteiger partial charge in [-0.25, -0.2) is 0 Å². The lowest BCUT2D eigenvalue weighted by atomic mass is 9.94. The number of anilines is 1. The number of nitrogens with one attached hydrogen (secondary N) is 1. The molecule has 1 amide bonds. The summed E-state index contributed by atoms with van der Waals surface area (Å²) in [5.41, 5.74) is 0.646. The lowest BCUT2D eigenvalue weighted by Crippen LogP contribution is -2.46. The van der Waals surface area contributed by atoms with E-state index in [4.69, 9.17) is 4.52 Å². The first-order chi connectivity index (χ1) is 12.3. The Balaban J connectivity index is 1.85. The van der Waals surface area contributed by atoms with Gasteiger partial charge in [-0.2, -0.15) is 13.2 Å². The second kappa shape index (κ2) is 7.49. The van der Waals surface area contributed by atoms with Crippen molar-refractivity contribution in [2.45, 2.75) is 32.0 Å². The third-order valence-electron chi connectivity index (χ3n) is 4.52. The highest BCUT2D eigenvalue weighted by atomic mass is 19.4. The molecule has 2 atom stereocenters. The molecule has 1 aliphatic rings. The number of hydrogen-bond acceptors (Lipinski definition) is 4. The van der Waals surface area contributed by atoms with Crippen LogP contribution < -0.4 is 5.32 Å². The second-order valence-corrected chi connectivity index (χ2v) is 6.50. The molecular weight excluding hydrogens is 347 g/mol. The standard InChI is InChI=1S/C18H20F3N3O2/c1-12-10-15(23-26-12)22-17(25)16(13-6-3-2-4-7-13)24-9-5-8-14(11-24)18(19,20)21/h2-4,6-7,10,14,16H,5,8-9,11H2,1H3,(H,22,23,25)/t14-,16+/m0/s1. The minimum Gasteiger partial charge on any atom is -0.360 e. The zero-order valence-corrected chi connectivity index (χ0v) is 14.3. The van der Waals surface area contributed by atoms with Crippen molar-refractivity contribution in [3.05, 3.63) is 47.7 Å². The summed E-state index contributed by atoms with van der Waals surface area (Å²) in [5, 5.41) is 6.37. The molecule has 5 nitrogen and oxygen atoms in total. The maximum absolute atomic E-state index is 13.2. The van der Waals surface area contributed by atoms with Crippen LogP contribution in [0.15, 0.2) is 40.9 Å². The van der Waals surface area contributed by atoms with E-state index in [0.29, 0.717) is 24.3 Å². The van der Waals surface area contributed by atoms with E-state index in [9.17, 15) is 18.0 Å². The normalized spacial score (nSPS) is 19.9. The molecule has 1 N–H and O–H groups in total. The molecule has 26 heavy (non-hydrogen) atoms. The highest BCUT2D eigenvalue weighted by Crippen LogP contribution is 2.36. The van der Waals surface area contributed by atoms with E-state index in [1.165, 1.54) is 0 Å². The average Bonchev–Trinajstić information content (AvgIpc) is 3.00. The first-order valence-corrected chi connectivity index (χ1v) is 8.44. The number of aryl methyl sites for hydroxylation is 1. The summed E-state index contributed by atoms with van der Waals surface area (Å²) in [6.07, 6.45) is -3.78. The summed E-state index contributed by atoms with van der Waals surface area (Å²) in [6.45, 7) is 1.92. The molecule has 2 aromatic rings. The van der Waals surface area contributed by atoms with Crippen LogP contribution in [0.25, 0.3) is 0 Å². The smallest absolute Gasteiger partial charge is 0.360 e. The van der Waals surface area contributed by atoms with Crippen LogP contribution >= 0.6 is 0 Å². The first kappa shape index (κ1) is 18.4. The van der Waals surface area contributed by atoms with Gasteiger partial charge in [-0.15, -0.1) is 0 Å². The van der Waals surface area contributed by atoms with Crippen molar-refractivity contribution in [1.82, 2.24) is 10.1 Å². The van der Waals surface area contributed by atoms with Crippen LogP contribution in [0, 0.1) is 12.8 Å². The molecule has 0 spiro atoms. The fraction of sp³-hybridized carbons (Fsp3) is 0.444. The fourth-order valence-corrected chi connectivity index (χ4v) is 3.29. The second-order valence-electron chi connectivity index (χ2n) is 6.50. The van der Waals surface area contributed by atoms with Crippen LogP contribution in [0.2, 0.25) is 0 Å². The monoisotopic (exact) mass is 367 g/mol. The zero-order valence-electron chi connectivity index (χ0n) is 14.3. The Labute approximate surface area is 149 Å². The van der Waals surface area contributed by atoms with Crippen LogP contribution in [0.3, 0.4) is 0 Å². The Morgan fingerprint density at radius 2 is 2.08 bits per heavy atom. The van der Waals surface area contributed by atoms with Gasteiger partial charge in [0.1, 0.15) is 11.8 Å². The number of carbonyl (C=O) groups excluding carboxylic acids is 1. The Morgan fingerprint density at radius 3 is 2.69 bits per heavy atom. The minimum absolute atomic E-state index is 0.0889. The Kier molecular flexibility index (Phi) is 5.31. The van der Waals surface area contributed by atoms with Gasteiger partial charge in [-0.3, -0.25) is 9.69 Å². The molecule has 140 valence electrons. The van der Waals surface area contributed by atoms with Crippen molar-refractivity contribution in [3.63, 3.8) is 0 Å². The van der Waals surface area contributed by atoms with Crippen LogP contribution in [0.4, 0.5) is 19.0 Å². The zero-order chi connectivity index (χ0) is 18.7. The molecule has 1 aromatic heterocycles. The number of carbonyl (C=O) groups is 1. The highest BCUT2D eigenvalue weighted by molar-refractivity contribution is 5.94. The molecule has 0 aliphatic carbocycles. The summed E-state index contributed by atoms with van der Waals surface area (Å²) in [5.74, 6) is -1.07. The number of hydrogen-bond donors (Lipinski definition) is 1. The van der Waals surface area contributed by atoms with Gasteiger partial charge < -0.3 is 9.84 Å². The van der Waals surface area contributed by atoms with E-state index in [1.54, 1.807) is 48.2 Å².